The van der Waals surface area contributed by atoms with Crippen molar-refractivity contribution in [2.45, 2.75) is 22.1 Å². The quantitative estimate of drug-likeness (QED) is 0.468. The molecule has 6 nitrogen and oxygen atoms in total. The second-order valence-corrected chi connectivity index (χ2v) is 13.9. The molecule has 2 rings (SSSR count). The van der Waals surface area contributed by atoms with E-state index in [1.54, 1.807) is 0 Å². The molecule has 3 unspecified atom stereocenters. The van der Waals surface area contributed by atoms with Crippen LogP contribution >= 0.6 is 55.6 Å². The van der Waals surface area contributed by atoms with Crippen LogP contribution in [0, 0.1) is 17.3 Å². The number of halogens is 3. The molecule has 116 valence electrons. The van der Waals surface area contributed by atoms with Crippen LogP contribution in [-0.4, -0.2) is 32.5 Å². The SMILES string of the molecule is CC1(C)C(C(=O)O)C1C(OP1(=O)OCCO1)C(Br)(Br)Br. The van der Waals surface area contributed by atoms with Crippen LogP contribution < -0.4 is 0 Å². The topological polar surface area (TPSA) is 82.1 Å². The van der Waals surface area contributed by atoms with Crippen molar-refractivity contribution in [2.24, 2.45) is 17.3 Å². The fourth-order valence-electron chi connectivity index (χ4n) is 2.58. The molecule has 2 fully saturated rings. The third-order valence-electron chi connectivity index (χ3n) is 3.65. The Morgan fingerprint density at radius 3 is 2.25 bits per heavy atom. The lowest BCUT2D eigenvalue weighted by atomic mass is 10.1. The number of hydrogen-bond donors (Lipinski definition) is 1. The zero-order valence-electron chi connectivity index (χ0n) is 10.7. The summed E-state index contributed by atoms with van der Waals surface area (Å²) in [6.07, 6.45) is -0.748. The summed E-state index contributed by atoms with van der Waals surface area (Å²) in [7, 11) is -3.63. The predicted octanol–water partition coefficient (Wildman–Crippen LogP) is 3.72. The average molecular weight is 501 g/mol. The Kier molecular flexibility index (Phi) is 4.85. The molecule has 3 atom stereocenters. The summed E-state index contributed by atoms with van der Waals surface area (Å²) >= 11 is 9.99. The lowest BCUT2D eigenvalue weighted by Crippen LogP contribution is -2.31. The van der Waals surface area contributed by atoms with E-state index in [1.807, 2.05) is 13.8 Å². The second-order valence-electron chi connectivity index (χ2n) is 5.34. The maximum absolute atomic E-state index is 12.2. The zero-order valence-corrected chi connectivity index (χ0v) is 16.4. The first-order chi connectivity index (χ1) is 8.99. The van der Waals surface area contributed by atoms with Gasteiger partial charge >= 0.3 is 13.8 Å². The fourth-order valence-corrected chi connectivity index (χ4v) is 5.51. The molecule has 1 heterocycles. The number of hydrogen-bond acceptors (Lipinski definition) is 5. The van der Waals surface area contributed by atoms with Gasteiger partial charge in [-0.05, 0) is 5.41 Å². The highest BCUT2D eigenvalue weighted by molar-refractivity contribution is 9.39. The molecular weight excluding hydrogens is 487 g/mol. The number of phosphoric ester groups is 1. The predicted molar refractivity (Wildman–Crippen MR) is 82.3 cm³/mol. The molecule has 0 aromatic rings. The summed E-state index contributed by atoms with van der Waals surface area (Å²) in [5.41, 5.74) is -0.476. The minimum atomic E-state index is -3.63. The number of carboxylic acids is 1. The Morgan fingerprint density at radius 2 is 1.90 bits per heavy atom. The molecule has 0 amide bonds. The van der Waals surface area contributed by atoms with Crippen LogP contribution in [0.25, 0.3) is 0 Å². The summed E-state index contributed by atoms with van der Waals surface area (Å²) in [4.78, 5) is 11.3. The molecule has 1 saturated heterocycles. The van der Waals surface area contributed by atoms with Crippen LogP contribution in [0.5, 0.6) is 0 Å². The van der Waals surface area contributed by atoms with E-state index >= 15 is 0 Å². The first kappa shape index (κ1) is 17.4. The number of carbonyl (C=O) groups is 1. The average Bonchev–Trinajstić information content (AvgIpc) is 2.63. The molecule has 20 heavy (non-hydrogen) atoms. The van der Waals surface area contributed by atoms with Crippen molar-refractivity contribution >= 4 is 61.6 Å². The third kappa shape index (κ3) is 3.34. The molecule has 0 aromatic carbocycles. The molecule has 1 saturated carbocycles. The standard InChI is InChI=1S/C10H14Br3O6P/c1-9(2)5(6(9)8(14)15)7(10(11,12)13)19-20(16)17-3-4-18-20/h5-7H,3-4H2,1-2H3,(H,14,15). The van der Waals surface area contributed by atoms with Gasteiger partial charge in [0.15, 0.2) is 2.14 Å². The van der Waals surface area contributed by atoms with Gasteiger partial charge < -0.3 is 5.11 Å². The minimum absolute atomic E-state index is 0.195. The van der Waals surface area contributed by atoms with Gasteiger partial charge in [0, 0.05) is 5.92 Å². The van der Waals surface area contributed by atoms with Gasteiger partial charge in [-0.1, -0.05) is 61.6 Å². The van der Waals surface area contributed by atoms with Crippen molar-refractivity contribution in [1.29, 1.82) is 0 Å². The van der Waals surface area contributed by atoms with Crippen LogP contribution in [0.2, 0.25) is 0 Å². The van der Waals surface area contributed by atoms with Gasteiger partial charge in [-0.15, -0.1) is 0 Å². The molecular formula is C10H14Br3O6P. The maximum Gasteiger partial charge on any atom is 0.475 e. The van der Waals surface area contributed by atoms with Gasteiger partial charge in [-0.2, -0.15) is 0 Å². The Balaban J connectivity index is 2.22. The summed E-state index contributed by atoms with van der Waals surface area (Å²) in [6, 6.07) is 0. The Morgan fingerprint density at radius 1 is 1.40 bits per heavy atom. The molecule has 0 bridgehead atoms. The molecule has 1 aliphatic carbocycles. The monoisotopic (exact) mass is 498 g/mol. The summed E-state index contributed by atoms with van der Waals surface area (Å²) in [6.45, 7) is 4.05. The van der Waals surface area contributed by atoms with Gasteiger partial charge in [-0.3, -0.25) is 18.4 Å². The first-order valence-electron chi connectivity index (χ1n) is 5.86. The van der Waals surface area contributed by atoms with E-state index in [-0.39, 0.29) is 19.1 Å². The van der Waals surface area contributed by atoms with E-state index in [9.17, 15) is 14.5 Å². The maximum atomic E-state index is 12.2. The lowest BCUT2D eigenvalue weighted by Gasteiger charge is -2.28. The molecule has 0 aromatic heterocycles. The normalized spacial score (nSPS) is 32.9. The van der Waals surface area contributed by atoms with Gasteiger partial charge in [0.25, 0.3) is 0 Å². The van der Waals surface area contributed by atoms with Crippen molar-refractivity contribution in [2.75, 3.05) is 13.2 Å². The van der Waals surface area contributed by atoms with E-state index in [0.717, 1.165) is 0 Å². The zero-order chi connectivity index (χ0) is 15.3. The number of alkyl halides is 3. The van der Waals surface area contributed by atoms with Gasteiger partial charge in [0.2, 0.25) is 0 Å². The van der Waals surface area contributed by atoms with Crippen LogP contribution in [-0.2, 0) is 22.9 Å². The van der Waals surface area contributed by atoms with E-state index in [2.05, 4.69) is 47.8 Å². The molecule has 0 spiro atoms. The van der Waals surface area contributed by atoms with Gasteiger partial charge in [0.05, 0.1) is 19.1 Å². The van der Waals surface area contributed by atoms with Crippen LogP contribution in [0.1, 0.15) is 13.8 Å². The molecule has 1 N–H and O–H groups in total. The van der Waals surface area contributed by atoms with E-state index < -0.39 is 33.4 Å². The molecule has 0 radical (unpaired) electrons. The van der Waals surface area contributed by atoms with Crippen molar-refractivity contribution < 1.29 is 28.0 Å². The van der Waals surface area contributed by atoms with E-state index in [4.69, 9.17) is 13.6 Å². The number of phosphoric acid groups is 1. The Labute approximate surface area is 141 Å². The van der Waals surface area contributed by atoms with Crippen LogP contribution in [0.4, 0.5) is 0 Å². The highest BCUT2D eigenvalue weighted by atomic mass is 80.0. The summed E-state index contributed by atoms with van der Waals surface area (Å²) in [5, 5.41) is 9.27. The first-order valence-corrected chi connectivity index (χ1v) is 9.70. The number of aliphatic carboxylic acids is 1. The smallest absolute Gasteiger partial charge is 0.475 e. The summed E-state index contributed by atoms with van der Waals surface area (Å²) < 4.78 is 26.8. The number of carboxylic acid groups (broad SMARTS) is 1. The third-order valence-corrected chi connectivity index (χ3v) is 6.49. The van der Waals surface area contributed by atoms with E-state index in [0.29, 0.717) is 0 Å². The Hall–Kier alpha value is 1.02. The Bertz CT molecular complexity index is 452. The van der Waals surface area contributed by atoms with Crippen molar-refractivity contribution in [1.82, 2.24) is 0 Å². The number of rotatable bonds is 4. The van der Waals surface area contributed by atoms with Gasteiger partial charge in [-0.25, -0.2) is 4.57 Å². The molecule has 1 aliphatic heterocycles. The van der Waals surface area contributed by atoms with Crippen LogP contribution in [0.15, 0.2) is 0 Å². The van der Waals surface area contributed by atoms with Crippen molar-refractivity contribution in [3.63, 3.8) is 0 Å². The van der Waals surface area contributed by atoms with E-state index in [1.165, 1.54) is 0 Å². The van der Waals surface area contributed by atoms with Crippen molar-refractivity contribution in [3.05, 3.63) is 0 Å². The van der Waals surface area contributed by atoms with Crippen molar-refractivity contribution in [3.8, 4) is 0 Å². The molecule has 2 aliphatic rings. The lowest BCUT2D eigenvalue weighted by molar-refractivity contribution is -0.139. The fraction of sp³-hybridized carbons (Fsp3) is 0.900. The second kappa shape index (κ2) is 5.58. The molecule has 10 heteroatoms. The minimum Gasteiger partial charge on any atom is -0.481 e. The van der Waals surface area contributed by atoms with Gasteiger partial charge in [0.1, 0.15) is 6.10 Å². The highest BCUT2D eigenvalue weighted by Gasteiger charge is 2.69. The summed E-state index contributed by atoms with van der Waals surface area (Å²) in [5.74, 6) is -1.85. The largest absolute Gasteiger partial charge is 0.481 e. The van der Waals surface area contributed by atoms with Crippen LogP contribution in [0.3, 0.4) is 0 Å². The highest BCUT2D eigenvalue weighted by Crippen LogP contribution is 2.68.